The summed E-state index contributed by atoms with van der Waals surface area (Å²) in [6, 6.07) is 10.8. The fraction of sp³-hybridized carbons (Fsp3) is 0.464. The zero-order chi connectivity index (χ0) is 24.7. The van der Waals surface area contributed by atoms with Crippen LogP contribution >= 0.6 is 0 Å². The molecule has 1 amide bonds. The van der Waals surface area contributed by atoms with Crippen molar-refractivity contribution in [1.29, 1.82) is 0 Å². The van der Waals surface area contributed by atoms with Crippen LogP contribution in [0, 0.1) is 11.7 Å². The van der Waals surface area contributed by atoms with E-state index in [9.17, 15) is 14.0 Å². The molecule has 2 aromatic carbocycles. The summed E-state index contributed by atoms with van der Waals surface area (Å²) in [4.78, 5) is 31.7. The minimum atomic E-state index is -0.361. The number of hydrogen-bond acceptors (Lipinski definition) is 4. The molecule has 184 valence electrons. The summed E-state index contributed by atoms with van der Waals surface area (Å²) in [6.07, 6.45) is 5.61. The molecule has 2 heterocycles. The van der Waals surface area contributed by atoms with Crippen molar-refractivity contribution in [1.82, 2.24) is 9.55 Å². The molecule has 1 aromatic heterocycles. The van der Waals surface area contributed by atoms with Gasteiger partial charge in [0, 0.05) is 30.0 Å². The lowest BCUT2D eigenvalue weighted by Gasteiger charge is -2.34. The molecule has 6 nitrogen and oxygen atoms in total. The number of carbonyl (C=O) groups excluding carboxylic acids is 2. The SMILES string of the molecule is COC(=O)N1c2ccc3c(nc(Cc4ccc(F)cc4)n3[C@@H]3CCC[C@@H](C(C)=O)C3)c2CC[C@@H]1C. The van der Waals surface area contributed by atoms with Gasteiger partial charge in [0.25, 0.3) is 0 Å². The molecule has 2 aliphatic rings. The first kappa shape index (κ1) is 23.5. The van der Waals surface area contributed by atoms with Gasteiger partial charge in [0.05, 0.1) is 23.8 Å². The Balaban J connectivity index is 1.65. The van der Waals surface area contributed by atoms with Gasteiger partial charge in [-0.25, -0.2) is 14.2 Å². The Hall–Kier alpha value is -3.22. The van der Waals surface area contributed by atoms with Crippen molar-refractivity contribution in [3.8, 4) is 0 Å². The number of hydrogen-bond donors (Lipinski definition) is 0. The number of halogens is 1. The highest BCUT2D eigenvalue weighted by Crippen LogP contribution is 2.41. The fourth-order valence-electron chi connectivity index (χ4n) is 5.91. The average molecular weight is 478 g/mol. The first-order valence-corrected chi connectivity index (χ1v) is 12.5. The Morgan fingerprint density at radius 2 is 1.89 bits per heavy atom. The van der Waals surface area contributed by atoms with Gasteiger partial charge in [0.2, 0.25) is 0 Å². The Morgan fingerprint density at radius 1 is 1.11 bits per heavy atom. The first-order valence-electron chi connectivity index (χ1n) is 12.5. The number of benzene rings is 2. The maximum Gasteiger partial charge on any atom is 0.414 e. The lowest BCUT2D eigenvalue weighted by molar-refractivity contribution is -0.122. The van der Waals surface area contributed by atoms with Crippen LogP contribution in [0.15, 0.2) is 36.4 Å². The number of imidazole rings is 1. The van der Waals surface area contributed by atoms with Crippen molar-refractivity contribution in [2.45, 2.75) is 70.9 Å². The maximum atomic E-state index is 13.5. The van der Waals surface area contributed by atoms with E-state index >= 15 is 0 Å². The molecule has 0 saturated heterocycles. The minimum absolute atomic E-state index is 0.0443. The second-order valence-electron chi connectivity index (χ2n) is 9.99. The van der Waals surface area contributed by atoms with E-state index in [1.807, 2.05) is 13.0 Å². The van der Waals surface area contributed by atoms with Gasteiger partial charge in [-0.2, -0.15) is 0 Å². The second kappa shape index (κ2) is 9.44. The molecule has 7 heteroatoms. The Bertz CT molecular complexity index is 1270. The number of fused-ring (bicyclic) bond motifs is 3. The molecule has 3 aromatic rings. The Labute approximate surface area is 205 Å². The van der Waals surface area contributed by atoms with E-state index in [-0.39, 0.29) is 35.7 Å². The highest BCUT2D eigenvalue weighted by molar-refractivity contribution is 5.95. The summed E-state index contributed by atoms with van der Waals surface area (Å²) in [6.45, 7) is 3.73. The number of aryl methyl sites for hydroxylation is 1. The third kappa shape index (κ3) is 4.32. The van der Waals surface area contributed by atoms with E-state index in [1.165, 1.54) is 19.2 Å². The van der Waals surface area contributed by atoms with Crippen molar-refractivity contribution in [3.63, 3.8) is 0 Å². The summed E-state index contributed by atoms with van der Waals surface area (Å²) < 4.78 is 20.9. The zero-order valence-electron chi connectivity index (χ0n) is 20.6. The van der Waals surface area contributed by atoms with Crippen LogP contribution in [0.25, 0.3) is 11.0 Å². The highest BCUT2D eigenvalue weighted by Gasteiger charge is 2.33. The number of ether oxygens (including phenoxy) is 1. The summed E-state index contributed by atoms with van der Waals surface area (Å²) in [7, 11) is 1.41. The summed E-state index contributed by atoms with van der Waals surface area (Å²) in [5.41, 5.74) is 4.84. The van der Waals surface area contributed by atoms with Gasteiger partial charge in [-0.05, 0) is 75.8 Å². The highest BCUT2D eigenvalue weighted by atomic mass is 19.1. The monoisotopic (exact) mass is 477 g/mol. The molecule has 1 fully saturated rings. The largest absolute Gasteiger partial charge is 0.452 e. The van der Waals surface area contributed by atoms with E-state index in [0.29, 0.717) is 6.42 Å². The van der Waals surface area contributed by atoms with Gasteiger partial charge in [-0.15, -0.1) is 0 Å². The quantitative estimate of drug-likeness (QED) is 0.463. The van der Waals surface area contributed by atoms with Crippen LogP contribution < -0.4 is 4.90 Å². The van der Waals surface area contributed by atoms with Crippen LogP contribution in [0.5, 0.6) is 0 Å². The number of methoxy groups -OCH3 is 1. The van der Waals surface area contributed by atoms with Gasteiger partial charge in [-0.3, -0.25) is 9.69 Å². The molecular weight excluding hydrogens is 445 g/mol. The standard InChI is InChI=1S/C28H32FN3O3/c1-17-7-12-23-24(31(17)28(34)35-3)13-14-25-27(23)30-26(15-19-8-10-21(29)11-9-19)32(25)22-6-4-5-20(16-22)18(2)33/h8-11,13-14,17,20,22H,4-7,12,15-16H2,1-3H3/t17-,20+,22+/m0/s1. The molecule has 1 aliphatic heterocycles. The van der Waals surface area contributed by atoms with Gasteiger partial charge in [0.1, 0.15) is 17.4 Å². The van der Waals surface area contributed by atoms with Crippen LogP contribution in [0.1, 0.15) is 68.9 Å². The number of carbonyl (C=O) groups is 2. The number of ketones is 1. The first-order chi connectivity index (χ1) is 16.9. The van der Waals surface area contributed by atoms with E-state index in [4.69, 9.17) is 9.72 Å². The van der Waals surface area contributed by atoms with E-state index < -0.39 is 0 Å². The van der Waals surface area contributed by atoms with Crippen LogP contribution in [0.3, 0.4) is 0 Å². The topological polar surface area (TPSA) is 64.4 Å². The van der Waals surface area contributed by atoms with Crippen molar-refractivity contribution >= 4 is 28.6 Å². The molecule has 0 radical (unpaired) electrons. The summed E-state index contributed by atoms with van der Waals surface area (Å²) >= 11 is 0. The van der Waals surface area contributed by atoms with Gasteiger partial charge in [0.15, 0.2) is 0 Å². The lowest BCUT2D eigenvalue weighted by Crippen LogP contribution is -2.42. The molecule has 0 N–H and O–H groups in total. The van der Waals surface area contributed by atoms with Gasteiger partial charge in [-0.1, -0.05) is 18.6 Å². The Kier molecular flexibility index (Phi) is 6.34. The smallest absolute Gasteiger partial charge is 0.414 e. The third-order valence-corrected chi connectivity index (χ3v) is 7.76. The summed E-state index contributed by atoms with van der Waals surface area (Å²) in [5.74, 6) is 0.972. The predicted octanol–water partition coefficient (Wildman–Crippen LogP) is 5.99. The molecule has 3 atom stereocenters. The number of amides is 1. The van der Waals surface area contributed by atoms with E-state index in [0.717, 1.165) is 72.2 Å². The molecule has 1 saturated carbocycles. The number of rotatable bonds is 4. The van der Waals surface area contributed by atoms with Crippen molar-refractivity contribution in [3.05, 3.63) is 59.2 Å². The van der Waals surface area contributed by atoms with Crippen molar-refractivity contribution in [2.24, 2.45) is 5.92 Å². The maximum absolute atomic E-state index is 13.5. The molecule has 0 spiro atoms. The normalized spacial score (nSPS) is 22.2. The van der Waals surface area contributed by atoms with E-state index in [2.05, 4.69) is 10.6 Å². The van der Waals surface area contributed by atoms with Crippen molar-refractivity contribution < 1.29 is 18.7 Å². The molecule has 0 unspecified atom stereocenters. The molecule has 1 aliphatic carbocycles. The minimum Gasteiger partial charge on any atom is -0.452 e. The number of nitrogens with zero attached hydrogens (tertiary/aromatic N) is 3. The average Bonchev–Trinajstić information content (AvgIpc) is 3.23. The molecule has 35 heavy (non-hydrogen) atoms. The van der Waals surface area contributed by atoms with Gasteiger partial charge >= 0.3 is 6.09 Å². The third-order valence-electron chi connectivity index (χ3n) is 7.76. The van der Waals surface area contributed by atoms with Crippen LogP contribution in [0.2, 0.25) is 0 Å². The number of Topliss-reactive ketones (excluding diaryl/α,β-unsaturated/α-hetero) is 1. The lowest BCUT2D eigenvalue weighted by atomic mass is 9.83. The van der Waals surface area contributed by atoms with Crippen molar-refractivity contribution in [2.75, 3.05) is 12.0 Å². The molecular formula is C28H32FN3O3. The van der Waals surface area contributed by atoms with Crippen LogP contribution in [-0.2, 0) is 22.4 Å². The van der Waals surface area contributed by atoms with Crippen LogP contribution in [-0.4, -0.2) is 34.6 Å². The predicted molar refractivity (Wildman–Crippen MR) is 133 cm³/mol. The zero-order valence-corrected chi connectivity index (χ0v) is 20.6. The number of anilines is 1. The van der Waals surface area contributed by atoms with E-state index in [1.54, 1.807) is 24.0 Å². The Morgan fingerprint density at radius 3 is 2.60 bits per heavy atom. The fourth-order valence-corrected chi connectivity index (χ4v) is 5.91. The molecule has 0 bridgehead atoms. The second-order valence-corrected chi connectivity index (χ2v) is 9.99. The van der Waals surface area contributed by atoms with Crippen LogP contribution in [0.4, 0.5) is 14.9 Å². The summed E-state index contributed by atoms with van der Waals surface area (Å²) in [5, 5.41) is 0. The van der Waals surface area contributed by atoms with Gasteiger partial charge < -0.3 is 9.30 Å². The number of aromatic nitrogens is 2. The molecule has 5 rings (SSSR count).